The van der Waals surface area contributed by atoms with Crippen LogP contribution in [0.15, 0.2) is 53.4 Å². The number of Topliss-reactive ketones (excluding diaryl/α,β-unsaturated/α-hetero) is 1. The highest BCUT2D eigenvalue weighted by Gasteiger charge is 2.06. The van der Waals surface area contributed by atoms with Gasteiger partial charge in [0.15, 0.2) is 0 Å². The Bertz CT molecular complexity index is 576. The lowest BCUT2D eigenvalue weighted by Crippen LogP contribution is -2.05. The van der Waals surface area contributed by atoms with Gasteiger partial charge in [0.1, 0.15) is 11.5 Å². The average molecular weight is 286 g/mol. The number of carbonyl (C=O) groups is 1. The van der Waals surface area contributed by atoms with E-state index in [4.69, 9.17) is 4.74 Å². The summed E-state index contributed by atoms with van der Waals surface area (Å²) in [7, 11) is 1.63. The third-order valence-electron chi connectivity index (χ3n) is 2.96. The molecule has 0 radical (unpaired) electrons. The van der Waals surface area contributed by atoms with Crippen LogP contribution in [0.25, 0.3) is 0 Å². The van der Waals surface area contributed by atoms with Crippen LogP contribution in [0.1, 0.15) is 11.1 Å². The first-order valence-corrected chi connectivity index (χ1v) is 7.50. The lowest BCUT2D eigenvalue weighted by atomic mass is 10.1. The normalized spacial score (nSPS) is 10.3. The van der Waals surface area contributed by atoms with Crippen LogP contribution in [-0.2, 0) is 11.2 Å². The number of benzene rings is 2. The number of ketones is 1. The number of rotatable bonds is 6. The zero-order chi connectivity index (χ0) is 14.4. The fraction of sp³-hybridized carbons (Fsp3) is 0.235. The van der Waals surface area contributed by atoms with Crippen molar-refractivity contribution in [1.29, 1.82) is 0 Å². The van der Waals surface area contributed by atoms with Gasteiger partial charge in [-0.05, 0) is 36.8 Å². The molecule has 0 amide bonds. The van der Waals surface area contributed by atoms with Gasteiger partial charge in [-0.15, -0.1) is 11.8 Å². The van der Waals surface area contributed by atoms with E-state index in [1.165, 1.54) is 5.56 Å². The van der Waals surface area contributed by atoms with Crippen LogP contribution < -0.4 is 4.74 Å². The smallest absolute Gasteiger partial charge is 0.147 e. The third kappa shape index (κ3) is 4.42. The van der Waals surface area contributed by atoms with E-state index in [2.05, 4.69) is 31.2 Å². The summed E-state index contributed by atoms with van der Waals surface area (Å²) in [6.07, 6.45) is 0.454. The first kappa shape index (κ1) is 14.7. The largest absolute Gasteiger partial charge is 0.497 e. The summed E-state index contributed by atoms with van der Waals surface area (Å²) in [6, 6.07) is 15.9. The van der Waals surface area contributed by atoms with E-state index in [0.717, 1.165) is 16.2 Å². The maximum absolute atomic E-state index is 12.0. The van der Waals surface area contributed by atoms with Gasteiger partial charge in [0.25, 0.3) is 0 Å². The number of aryl methyl sites for hydroxylation is 1. The van der Waals surface area contributed by atoms with Crippen molar-refractivity contribution in [2.24, 2.45) is 0 Å². The van der Waals surface area contributed by atoms with Crippen LogP contribution in [0.5, 0.6) is 5.75 Å². The van der Waals surface area contributed by atoms with Crippen molar-refractivity contribution in [3.8, 4) is 5.75 Å². The Morgan fingerprint density at radius 3 is 2.60 bits per heavy atom. The average Bonchev–Trinajstić information content (AvgIpc) is 2.47. The van der Waals surface area contributed by atoms with Gasteiger partial charge >= 0.3 is 0 Å². The number of hydrogen-bond donors (Lipinski definition) is 0. The summed E-state index contributed by atoms with van der Waals surface area (Å²) in [5.41, 5.74) is 2.23. The van der Waals surface area contributed by atoms with Crippen LogP contribution >= 0.6 is 11.8 Å². The van der Waals surface area contributed by atoms with Crippen molar-refractivity contribution in [2.45, 2.75) is 18.2 Å². The number of thioether (sulfide) groups is 1. The van der Waals surface area contributed by atoms with Crippen LogP contribution in [0.4, 0.5) is 0 Å². The van der Waals surface area contributed by atoms with Gasteiger partial charge < -0.3 is 4.74 Å². The molecule has 0 N–H and O–H groups in total. The Kier molecular flexibility index (Phi) is 5.24. The van der Waals surface area contributed by atoms with Crippen LogP contribution in [0.3, 0.4) is 0 Å². The fourth-order valence-corrected chi connectivity index (χ4v) is 2.62. The number of ether oxygens (including phenoxy) is 1. The van der Waals surface area contributed by atoms with Gasteiger partial charge in [-0.3, -0.25) is 4.79 Å². The molecule has 0 bridgehead atoms. The van der Waals surface area contributed by atoms with Crippen molar-refractivity contribution in [3.63, 3.8) is 0 Å². The molecule has 0 aliphatic carbocycles. The molecule has 104 valence electrons. The highest BCUT2D eigenvalue weighted by Crippen LogP contribution is 2.19. The lowest BCUT2D eigenvalue weighted by Gasteiger charge is -2.04. The summed E-state index contributed by atoms with van der Waals surface area (Å²) >= 11 is 1.59. The van der Waals surface area contributed by atoms with Gasteiger partial charge in [0.2, 0.25) is 0 Å². The van der Waals surface area contributed by atoms with E-state index in [1.54, 1.807) is 18.9 Å². The van der Waals surface area contributed by atoms with Crippen molar-refractivity contribution < 1.29 is 9.53 Å². The topological polar surface area (TPSA) is 26.3 Å². The molecule has 0 spiro atoms. The number of methoxy groups -OCH3 is 1. The van der Waals surface area contributed by atoms with E-state index >= 15 is 0 Å². The van der Waals surface area contributed by atoms with Gasteiger partial charge in [-0.2, -0.15) is 0 Å². The van der Waals surface area contributed by atoms with E-state index in [1.807, 2.05) is 24.3 Å². The summed E-state index contributed by atoms with van der Waals surface area (Å²) in [4.78, 5) is 13.1. The highest BCUT2D eigenvalue weighted by atomic mass is 32.2. The number of hydrogen-bond acceptors (Lipinski definition) is 3. The maximum atomic E-state index is 12.0. The molecule has 0 aliphatic heterocycles. The molecule has 0 unspecified atom stereocenters. The second-order valence-corrected chi connectivity index (χ2v) is 5.72. The third-order valence-corrected chi connectivity index (χ3v) is 4.03. The standard InChI is InChI=1S/C17H18O2S/c1-13-6-8-17(9-7-13)20-12-15(18)10-14-4-3-5-16(11-14)19-2/h3-9,11H,10,12H2,1-2H3. The zero-order valence-corrected chi connectivity index (χ0v) is 12.6. The molecule has 0 aromatic heterocycles. The monoisotopic (exact) mass is 286 g/mol. The van der Waals surface area contributed by atoms with Crippen molar-refractivity contribution in [1.82, 2.24) is 0 Å². The highest BCUT2D eigenvalue weighted by molar-refractivity contribution is 8.00. The van der Waals surface area contributed by atoms with Crippen LogP contribution in [0.2, 0.25) is 0 Å². The summed E-state index contributed by atoms with van der Waals surface area (Å²) in [6.45, 7) is 2.06. The van der Waals surface area contributed by atoms with E-state index in [0.29, 0.717) is 12.2 Å². The minimum atomic E-state index is 0.226. The van der Waals surface area contributed by atoms with Gasteiger partial charge in [0, 0.05) is 11.3 Å². The van der Waals surface area contributed by atoms with Crippen molar-refractivity contribution in [3.05, 3.63) is 59.7 Å². The summed E-state index contributed by atoms with van der Waals surface area (Å²) < 4.78 is 5.16. The molecule has 0 fully saturated rings. The molecule has 0 heterocycles. The van der Waals surface area contributed by atoms with Crippen LogP contribution in [-0.4, -0.2) is 18.6 Å². The molecule has 2 aromatic carbocycles. The Morgan fingerprint density at radius 1 is 1.15 bits per heavy atom. The fourth-order valence-electron chi connectivity index (χ4n) is 1.86. The molecular formula is C17H18O2S. The summed E-state index contributed by atoms with van der Waals surface area (Å²) in [5.74, 6) is 1.52. The molecule has 0 atom stereocenters. The Morgan fingerprint density at radius 2 is 1.90 bits per heavy atom. The molecule has 20 heavy (non-hydrogen) atoms. The van der Waals surface area contributed by atoms with E-state index < -0.39 is 0 Å². The second-order valence-electron chi connectivity index (χ2n) is 4.67. The van der Waals surface area contributed by atoms with Gasteiger partial charge in [-0.25, -0.2) is 0 Å². The Hall–Kier alpha value is -1.74. The predicted molar refractivity (Wildman–Crippen MR) is 83.6 cm³/mol. The minimum Gasteiger partial charge on any atom is -0.497 e. The minimum absolute atomic E-state index is 0.226. The van der Waals surface area contributed by atoms with Crippen molar-refractivity contribution in [2.75, 3.05) is 12.9 Å². The predicted octanol–water partition coefficient (Wildman–Crippen LogP) is 3.91. The SMILES string of the molecule is COc1cccc(CC(=O)CSc2ccc(C)cc2)c1. The second kappa shape index (κ2) is 7.15. The van der Waals surface area contributed by atoms with Crippen molar-refractivity contribution >= 4 is 17.5 Å². The summed E-state index contributed by atoms with van der Waals surface area (Å²) in [5, 5.41) is 0. The first-order chi connectivity index (χ1) is 9.67. The molecule has 0 saturated heterocycles. The first-order valence-electron chi connectivity index (χ1n) is 6.51. The maximum Gasteiger partial charge on any atom is 0.147 e. The van der Waals surface area contributed by atoms with Gasteiger partial charge in [0.05, 0.1) is 12.9 Å². The zero-order valence-electron chi connectivity index (χ0n) is 11.8. The molecule has 3 heteroatoms. The molecule has 0 aliphatic rings. The Labute approximate surface area is 124 Å². The molecule has 2 aromatic rings. The number of carbonyl (C=O) groups excluding carboxylic acids is 1. The molecule has 2 rings (SSSR count). The Balaban J connectivity index is 1.87. The lowest BCUT2D eigenvalue weighted by molar-refractivity contribution is -0.116. The van der Waals surface area contributed by atoms with Crippen LogP contribution in [0, 0.1) is 6.92 Å². The van der Waals surface area contributed by atoms with E-state index in [-0.39, 0.29) is 5.78 Å². The molecular weight excluding hydrogens is 268 g/mol. The quantitative estimate of drug-likeness (QED) is 0.753. The van der Waals surface area contributed by atoms with Gasteiger partial charge in [-0.1, -0.05) is 29.8 Å². The molecule has 0 saturated carbocycles. The molecule has 2 nitrogen and oxygen atoms in total. The van der Waals surface area contributed by atoms with E-state index in [9.17, 15) is 4.79 Å².